The molecule has 622 valence electrons. The van der Waals surface area contributed by atoms with Crippen LogP contribution >= 0.6 is 0 Å². The summed E-state index contributed by atoms with van der Waals surface area (Å²) in [7, 11) is 0. The van der Waals surface area contributed by atoms with Crippen LogP contribution in [0, 0.1) is 0 Å². The number of hydrogen-bond donors (Lipinski definition) is 12. The molecule has 12 N–H and O–H groups in total. The first-order chi connectivity index (χ1) is 51.3. The predicted molar refractivity (Wildman–Crippen MR) is 420 cm³/mol. The van der Waals surface area contributed by atoms with Gasteiger partial charge in [0.25, 0.3) is 0 Å². The molecule has 105 heavy (non-hydrogen) atoms. The highest BCUT2D eigenvalue weighted by molar-refractivity contribution is 5.76. The molecule has 0 spiro atoms. The first-order valence-corrected chi connectivity index (χ1v) is 44.4. The maximum atomic E-state index is 13.5. The molecule has 3 aliphatic rings. The quantitative estimate of drug-likeness (QED) is 0.0199. The molecular formula is C86H165NO18. The molecule has 3 heterocycles. The molecule has 3 fully saturated rings. The number of aliphatic hydroxyl groups is 11. The third-order valence-corrected chi connectivity index (χ3v) is 22.6. The highest BCUT2D eigenvalue weighted by atomic mass is 16.8. The van der Waals surface area contributed by atoms with E-state index in [1.807, 2.05) is 0 Å². The third-order valence-electron chi connectivity index (χ3n) is 22.6. The molecule has 0 aromatic heterocycles. The Morgan fingerprint density at radius 3 is 0.924 bits per heavy atom. The Labute approximate surface area is 639 Å². The van der Waals surface area contributed by atoms with Gasteiger partial charge in [-0.3, -0.25) is 4.79 Å². The van der Waals surface area contributed by atoms with E-state index in [4.69, 9.17) is 28.4 Å². The highest BCUT2D eigenvalue weighted by Gasteiger charge is 2.54. The fourth-order valence-electron chi connectivity index (χ4n) is 15.5. The molecule has 19 nitrogen and oxygen atoms in total. The minimum absolute atomic E-state index is 0.232. The van der Waals surface area contributed by atoms with Gasteiger partial charge in [0.2, 0.25) is 5.91 Å². The van der Waals surface area contributed by atoms with E-state index in [1.165, 1.54) is 321 Å². The molecule has 1 amide bonds. The molecule has 0 aromatic carbocycles. The average molecular weight is 1500 g/mol. The molecule has 17 atom stereocenters. The van der Waals surface area contributed by atoms with E-state index < -0.39 is 124 Å². The first kappa shape index (κ1) is 97.7. The molecule has 0 aliphatic carbocycles. The van der Waals surface area contributed by atoms with Crippen molar-refractivity contribution in [1.82, 2.24) is 5.32 Å². The van der Waals surface area contributed by atoms with Crippen LogP contribution in [-0.2, 0) is 33.2 Å². The van der Waals surface area contributed by atoms with E-state index in [1.54, 1.807) is 0 Å². The smallest absolute Gasteiger partial charge is 0.220 e. The van der Waals surface area contributed by atoms with Crippen molar-refractivity contribution >= 4 is 5.91 Å². The molecule has 0 radical (unpaired) electrons. The van der Waals surface area contributed by atoms with Crippen molar-refractivity contribution in [2.45, 2.75) is 503 Å². The van der Waals surface area contributed by atoms with Gasteiger partial charge in [0, 0.05) is 6.42 Å². The van der Waals surface area contributed by atoms with Crippen molar-refractivity contribution in [2.24, 2.45) is 0 Å². The summed E-state index contributed by atoms with van der Waals surface area (Å²) in [4.78, 5) is 13.5. The van der Waals surface area contributed by atoms with E-state index in [0.29, 0.717) is 12.8 Å². The zero-order valence-electron chi connectivity index (χ0n) is 67.0. The normalized spacial score (nSPS) is 25.7. The Bertz CT molecular complexity index is 1940. The molecule has 19 heteroatoms. The lowest BCUT2D eigenvalue weighted by atomic mass is 9.96. The number of nitrogens with one attached hydrogen (secondary N) is 1. The summed E-state index contributed by atoms with van der Waals surface area (Å²) in [6.45, 7) is 1.88. The first-order valence-electron chi connectivity index (χ1n) is 44.4. The van der Waals surface area contributed by atoms with Crippen LogP contribution in [0.2, 0.25) is 0 Å². The molecule has 3 saturated heterocycles. The van der Waals surface area contributed by atoms with Crippen LogP contribution < -0.4 is 5.32 Å². The summed E-state index contributed by atoms with van der Waals surface area (Å²) < 4.78 is 34.6. The van der Waals surface area contributed by atoms with Crippen LogP contribution in [0.1, 0.15) is 399 Å². The Kier molecular flexibility index (Phi) is 62.4. The van der Waals surface area contributed by atoms with Gasteiger partial charge in [0.15, 0.2) is 18.9 Å². The second kappa shape index (κ2) is 67.1. The number of hydrogen-bond acceptors (Lipinski definition) is 18. The number of aliphatic hydroxyl groups excluding tert-OH is 11. The largest absolute Gasteiger partial charge is 0.394 e. The monoisotopic (exact) mass is 1500 g/mol. The van der Waals surface area contributed by atoms with Gasteiger partial charge in [-0.1, -0.05) is 366 Å². The van der Waals surface area contributed by atoms with Gasteiger partial charge in [0.1, 0.15) is 73.2 Å². The van der Waals surface area contributed by atoms with Crippen LogP contribution in [0.3, 0.4) is 0 Å². The maximum absolute atomic E-state index is 13.5. The van der Waals surface area contributed by atoms with Gasteiger partial charge in [-0.2, -0.15) is 0 Å². The topological polar surface area (TPSA) is 307 Å². The molecular weight excluding hydrogens is 1330 g/mol. The number of rotatable bonds is 73. The Morgan fingerprint density at radius 1 is 0.333 bits per heavy atom. The van der Waals surface area contributed by atoms with Gasteiger partial charge in [-0.05, 0) is 38.5 Å². The van der Waals surface area contributed by atoms with E-state index in [2.05, 4.69) is 31.3 Å². The molecule has 0 aromatic rings. The summed E-state index contributed by atoms with van der Waals surface area (Å²) in [5.74, 6) is -0.232. The Morgan fingerprint density at radius 2 is 0.600 bits per heavy atom. The van der Waals surface area contributed by atoms with E-state index in [9.17, 15) is 61.0 Å². The molecule has 3 rings (SSSR count). The summed E-state index contributed by atoms with van der Waals surface area (Å²) >= 11 is 0. The average Bonchev–Trinajstić information content (AvgIpc) is 0.780. The lowest BCUT2D eigenvalue weighted by Crippen LogP contribution is -2.66. The number of unbranched alkanes of at least 4 members (excludes halogenated alkanes) is 55. The zero-order valence-corrected chi connectivity index (χ0v) is 67.0. The van der Waals surface area contributed by atoms with E-state index in [0.717, 1.165) is 44.9 Å². The fraction of sp³-hybridized carbons (Fsp3) is 0.965. The van der Waals surface area contributed by atoms with Crippen molar-refractivity contribution in [2.75, 3.05) is 26.4 Å². The third kappa shape index (κ3) is 46.3. The van der Waals surface area contributed by atoms with Crippen molar-refractivity contribution in [1.29, 1.82) is 0 Å². The van der Waals surface area contributed by atoms with Gasteiger partial charge >= 0.3 is 0 Å². The van der Waals surface area contributed by atoms with Crippen molar-refractivity contribution < 1.29 is 89.4 Å². The fourth-order valence-corrected chi connectivity index (χ4v) is 15.5. The Hall–Kier alpha value is -1.47. The van der Waals surface area contributed by atoms with Crippen LogP contribution in [0.4, 0.5) is 0 Å². The molecule has 17 unspecified atom stereocenters. The molecule has 0 bridgehead atoms. The maximum Gasteiger partial charge on any atom is 0.220 e. The number of allylic oxidation sites excluding steroid dienone is 2. The van der Waals surface area contributed by atoms with Crippen LogP contribution in [-0.4, -0.2) is 193 Å². The number of carbonyl (C=O) groups excluding carboxylic acids is 1. The van der Waals surface area contributed by atoms with Crippen LogP contribution in [0.5, 0.6) is 0 Å². The number of ether oxygens (including phenoxy) is 6. The Balaban J connectivity index is 1.32. The summed E-state index contributed by atoms with van der Waals surface area (Å²) in [5, 5.41) is 121. The standard InChI is InChI=1S/C86H165NO18/c1-3-5-7-9-11-13-15-17-19-21-23-25-27-29-31-32-33-34-35-36-38-40-42-44-46-48-50-52-54-56-58-60-62-64-74(92)87-69(70(91)63-61-59-57-55-53-51-49-47-45-43-41-39-37-30-28-26-24-22-20-18-16-14-12-10-8-6-4-2)68-100-84-80(98)77(95)82(72(66-89)102-84)105-86-81(99)78(96)83(73(67-90)103-86)104-85-79(97)76(94)75(93)71(65-88)101-85/h21,23,69-73,75-86,88-91,93-99H,3-20,22,24-68H2,1-2H3,(H,87,92)/b23-21-. The minimum atomic E-state index is -1.97. The summed E-state index contributed by atoms with van der Waals surface area (Å²) in [6, 6.07) is -0.885. The lowest BCUT2D eigenvalue weighted by molar-refractivity contribution is -0.379. The summed E-state index contributed by atoms with van der Waals surface area (Å²) in [6.07, 6.45) is 54.6. The van der Waals surface area contributed by atoms with Crippen LogP contribution in [0.15, 0.2) is 12.2 Å². The minimum Gasteiger partial charge on any atom is -0.394 e. The second-order valence-corrected chi connectivity index (χ2v) is 32.1. The zero-order chi connectivity index (χ0) is 76.0. The highest BCUT2D eigenvalue weighted by Crippen LogP contribution is 2.34. The predicted octanol–water partition coefficient (Wildman–Crippen LogP) is 16.3. The van der Waals surface area contributed by atoms with Gasteiger partial charge in [0.05, 0.1) is 38.6 Å². The number of amides is 1. The van der Waals surface area contributed by atoms with E-state index >= 15 is 0 Å². The van der Waals surface area contributed by atoms with Gasteiger partial charge in [-0.15, -0.1) is 0 Å². The van der Waals surface area contributed by atoms with Crippen molar-refractivity contribution in [3.8, 4) is 0 Å². The van der Waals surface area contributed by atoms with Crippen molar-refractivity contribution in [3.05, 3.63) is 12.2 Å². The molecule has 0 saturated carbocycles. The SMILES string of the molecule is CCCCCCCCCC/C=C\CCCCCCCCCCCCCCCCCCCCCCCC(=O)NC(COC1OC(CO)C(OC2OC(CO)C(OC3OC(CO)C(O)C(O)C3O)C(O)C2O)C(O)C1O)C(O)CCCCCCCCCCCCCCCCCCCCCCCCCCCCC. The van der Waals surface area contributed by atoms with Crippen LogP contribution in [0.25, 0.3) is 0 Å². The molecule has 3 aliphatic heterocycles. The second-order valence-electron chi connectivity index (χ2n) is 32.1. The number of carbonyl (C=O) groups is 1. The van der Waals surface area contributed by atoms with E-state index in [-0.39, 0.29) is 18.9 Å². The lowest BCUT2D eigenvalue weighted by Gasteiger charge is -2.48. The van der Waals surface area contributed by atoms with Crippen molar-refractivity contribution in [3.63, 3.8) is 0 Å². The summed E-state index contributed by atoms with van der Waals surface area (Å²) in [5.41, 5.74) is 0. The van der Waals surface area contributed by atoms with Gasteiger partial charge in [-0.25, -0.2) is 0 Å². The van der Waals surface area contributed by atoms with Gasteiger partial charge < -0.3 is 89.9 Å².